The fourth-order valence-electron chi connectivity index (χ4n) is 2.08. The van der Waals surface area contributed by atoms with Crippen LogP contribution in [0.5, 0.6) is 0 Å². The van der Waals surface area contributed by atoms with Gasteiger partial charge in [0, 0.05) is 16.8 Å². The lowest BCUT2D eigenvalue weighted by Crippen LogP contribution is -2.29. The van der Waals surface area contributed by atoms with E-state index in [2.05, 4.69) is 28.2 Å². The van der Waals surface area contributed by atoms with Gasteiger partial charge < -0.3 is 5.32 Å². The largest absolute Gasteiger partial charge is 0.352 e. The first-order valence-corrected chi connectivity index (χ1v) is 9.04. The Morgan fingerprint density at radius 2 is 2.11 bits per heavy atom. The summed E-state index contributed by atoms with van der Waals surface area (Å²) >= 11 is 5.09. The van der Waals surface area contributed by atoms with Crippen LogP contribution in [0.2, 0.25) is 0 Å². The zero-order valence-electron chi connectivity index (χ0n) is 11.6. The molecule has 0 spiro atoms. The maximum atomic E-state index is 12.2. The Morgan fingerprint density at radius 3 is 2.74 bits per heavy atom. The van der Waals surface area contributed by atoms with Crippen LogP contribution >= 0.6 is 27.7 Å². The normalized spacial score (nSPS) is 12.2. The molecule has 1 amide bonds. The highest BCUT2D eigenvalue weighted by Gasteiger charge is 2.13. The Labute approximate surface area is 128 Å². The third-order valence-corrected chi connectivity index (χ3v) is 4.37. The van der Waals surface area contributed by atoms with Gasteiger partial charge in [-0.15, -0.1) is 11.8 Å². The number of nitrogens with one attached hydrogen (secondary N) is 1. The van der Waals surface area contributed by atoms with E-state index in [0.29, 0.717) is 5.92 Å². The molecular formula is C15H22BrNOS. The molecule has 0 bridgehead atoms. The molecule has 0 radical (unpaired) electrons. The number of carbonyl (C=O) groups is 1. The highest BCUT2D eigenvalue weighted by atomic mass is 79.9. The van der Waals surface area contributed by atoms with E-state index in [1.54, 1.807) is 11.8 Å². The van der Waals surface area contributed by atoms with Crippen LogP contribution in [0, 0.1) is 5.92 Å². The molecule has 1 N–H and O–H groups in total. The average molecular weight is 344 g/mol. The number of carbonyl (C=O) groups excluding carboxylic acids is 1. The predicted molar refractivity (Wildman–Crippen MR) is 87.4 cm³/mol. The summed E-state index contributed by atoms with van der Waals surface area (Å²) < 4.78 is 0. The van der Waals surface area contributed by atoms with Gasteiger partial charge in [-0.3, -0.25) is 4.79 Å². The fourth-order valence-corrected chi connectivity index (χ4v) is 3.32. The molecule has 1 rings (SSSR count). The minimum absolute atomic E-state index is 0.0422. The number of amides is 1. The number of halogens is 1. The minimum atomic E-state index is 0.0422. The van der Waals surface area contributed by atoms with Gasteiger partial charge in [-0.05, 0) is 37.1 Å². The Bertz CT molecular complexity index is 391. The van der Waals surface area contributed by atoms with Crippen LogP contribution in [-0.2, 0) is 0 Å². The third kappa shape index (κ3) is 5.57. The average Bonchev–Trinajstić information content (AvgIpc) is 2.44. The minimum Gasteiger partial charge on any atom is -0.352 e. The summed E-state index contributed by atoms with van der Waals surface area (Å²) in [6.07, 6.45) is 5.43. The van der Waals surface area contributed by atoms with Crippen molar-refractivity contribution in [2.45, 2.75) is 31.1 Å². The standard InChI is InChI=1S/C15H22BrNOS/c1-3-6-12(9-10-16)11-17-15(18)13-7-4-5-8-14(13)19-2/h4-5,7-8,12H,3,6,9-11H2,1-2H3,(H,17,18). The van der Waals surface area contributed by atoms with Gasteiger partial charge in [0.2, 0.25) is 0 Å². The van der Waals surface area contributed by atoms with Gasteiger partial charge in [-0.25, -0.2) is 0 Å². The molecule has 4 heteroatoms. The number of hydrogen-bond acceptors (Lipinski definition) is 2. The molecule has 0 saturated carbocycles. The van der Waals surface area contributed by atoms with Crippen molar-refractivity contribution >= 4 is 33.6 Å². The SMILES string of the molecule is CCCC(CCBr)CNC(=O)c1ccccc1SC. The fraction of sp³-hybridized carbons (Fsp3) is 0.533. The number of thioether (sulfide) groups is 1. The van der Waals surface area contributed by atoms with Crippen molar-refractivity contribution in [3.05, 3.63) is 29.8 Å². The lowest BCUT2D eigenvalue weighted by Gasteiger charge is -2.16. The van der Waals surface area contributed by atoms with E-state index in [9.17, 15) is 4.79 Å². The van der Waals surface area contributed by atoms with Gasteiger partial charge in [-0.2, -0.15) is 0 Å². The third-order valence-electron chi connectivity index (χ3n) is 3.12. The molecule has 1 unspecified atom stereocenters. The van der Waals surface area contributed by atoms with Gasteiger partial charge in [0.25, 0.3) is 5.91 Å². The molecule has 0 aliphatic rings. The van der Waals surface area contributed by atoms with Crippen molar-refractivity contribution in [3.8, 4) is 0 Å². The smallest absolute Gasteiger partial charge is 0.252 e. The van der Waals surface area contributed by atoms with Gasteiger partial charge in [0.15, 0.2) is 0 Å². The molecule has 0 fully saturated rings. The zero-order valence-corrected chi connectivity index (χ0v) is 14.0. The van der Waals surface area contributed by atoms with Crippen molar-refractivity contribution in [2.75, 3.05) is 18.1 Å². The highest BCUT2D eigenvalue weighted by Crippen LogP contribution is 2.20. The topological polar surface area (TPSA) is 29.1 Å². The number of hydrogen-bond donors (Lipinski definition) is 1. The molecule has 19 heavy (non-hydrogen) atoms. The zero-order chi connectivity index (χ0) is 14.1. The van der Waals surface area contributed by atoms with Gasteiger partial charge >= 0.3 is 0 Å². The molecular weight excluding hydrogens is 322 g/mol. The van der Waals surface area contributed by atoms with Crippen molar-refractivity contribution in [3.63, 3.8) is 0 Å². The summed E-state index contributed by atoms with van der Waals surface area (Å²) in [5.41, 5.74) is 0.782. The molecule has 2 nitrogen and oxygen atoms in total. The van der Waals surface area contributed by atoms with Gasteiger partial charge in [0.1, 0.15) is 0 Å². The maximum absolute atomic E-state index is 12.2. The lowest BCUT2D eigenvalue weighted by molar-refractivity contribution is 0.0943. The first kappa shape index (κ1) is 16.6. The molecule has 106 valence electrons. The number of benzene rings is 1. The summed E-state index contributed by atoms with van der Waals surface area (Å²) in [6, 6.07) is 7.76. The summed E-state index contributed by atoms with van der Waals surface area (Å²) in [4.78, 5) is 13.2. The summed E-state index contributed by atoms with van der Waals surface area (Å²) in [7, 11) is 0. The second-order valence-electron chi connectivity index (χ2n) is 4.54. The number of alkyl halides is 1. The van der Waals surface area contributed by atoms with E-state index in [4.69, 9.17) is 0 Å². The second-order valence-corrected chi connectivity index (χ2v) is 6.18. The first-order chi connectivity index (χ1) is 9.22. The van der Waals surface area contributed by atoms with Crippen molar-refractivity contribution < 1.29 is 4.79 Å². The second kappa shape index (κ2) is 9.43. The van der Waals surface area contributed by atoms with E-state index >= 15 is 0 Å². The summed E-state index contributed by atoms with van der Waals surface area (Å²) in [5, 5.41) is 4.07. The molecule has 0 aliphatic carbocycles. The molecule has 0 heterocycles. The van der Waals surface area contributed by atoms with Gasteiger partial charge in [-0.1, -0.05) is 41.4 Å². The van der Waals surface area contributed by atoms with Crippen LogP contribution < -0.4 is 5.32 Å². The Morgan fingerprint density at radius 1 is 1.37 bits per heavy atom. The van der Waals surface area contributed by atoms with Crippen LogP contribution in [0.1, 0.15) is 36.5 Å². The Hall–Kier alpha value is -0.480. The van der Waals surface area contributed by atoms with Crippen LogP contribution in [0.25, 0.3) is 0 Å². The highest BCUT2D eigenvalue weighted by molar-refractivity contribution is 9.09. The van der Waals surface area contributed by atoms with E-state index < -0.39 is 0 Å². The van der Waals surface area contributed by atoms with Crippen molar-refractivity contribution in [2.24, 2.45) is 5.92 Å². The Kier molecular flexibility index (Phi) is 8.22. The van der Waals surface area contributed by atoms with Crippen LogP contribution in [0.4, 0.5) is 0 Å². The summed E-state index contributed by atoms with van der Waals surface area (Å²) in [6.45, 7) is 2.95. The van der Waals surface area contributed by atoms with Crippen molar-refractivity contribution in [1.29, 1.82) is 0 Å². The predicted octanol–water partition coefficient (Wildman–Crippen LogP) is 4.34. The molecule has 1 atom stereocenters. The maximum Gasteiger partial charge on any atom is 0.252 e. The van der Waals surface area contributed by atoms with Crippen LogP contribution in [0.15, 0.2) is 29.2 Å². The van der Waals surface area contributed by atoms with Gasteiger partial charge in [0.05, 0.1) is 5.56 Å². The molecule has 1 aromatic carbocycles. The quantitative estimate of drug-likeness (QED) is 0.561. The lowest BCUT2D eigenvalue weighted by atomic mass is 10.0. The first-order valence-electron chi connectivity index (χ1n) is 6.70. The van der Waals surface area contributed by atoms with Crippen molar-refractivity contribution in [1.82, 2.24) is 5.32 Å². The van der Waals surface area contributed by atoms with Crippen LogP contribution in [0.3, 0.4) is 0 Å². The summed E-state index contributed by atoms with van der Waals surface area (Å²) in [5.74, 6) is 0.607. The monoisotopic (exact) mass is 343 g/mol. The molecule has 1 aromatic rings. The Balaban J connectivity index is 2.58. The van der Waals surface area contributed by atoms with E-state index in [0.717, 1.165) is 41.6 Å². The molecule has 0 saturated heterocycles. The van der Waals surface area contributed by atoms with E-state index in [1.165, 1.54) is 0 Å². The molecule has 0 aromatic heterocycles. The number of rotatable bonds is 8. The van der Waals surface area contributed by atoms with Crippen LogP contribution in [-0.4, -0.2) is 24.0 Å². The van der Waals surface area contributed by atoms with E-state index in [1.807, 2.05) is 30.5 Å². The van der Waals surface area contributed by atoms with E-state index in [-0.39, 0.29) is 5.91 Å². The molecule has 0 aliphatic heterocycles.